The quantitative estimate of drug-likeness (QED) is 0.908. The Morgan fingerprint density at radius 1 is 1.40 bits per heavy atom. The highest BCUT2D eigenvalue weighted by Crippen LogP contribution is 2.32. The van der Waals surface area contributed by atoms with E-state index in [1.165, 1.54) is 11.1 Å². The van der Waals surface area contributed by atoms with Crippen LogP contribution in [0.3, 0.4) is 0 Å². The normalized spacial score (nSPS) is 22.8. The molecule has 2 N–H and O–H groups in total. The summed E-state index contributed by atoms with van der Waals surface area (Å²) in [4.78, 5) is 4.87. The summed E-state index contributed by atoms with van der Waals surface area (Å²) in [6, 6.07) is 7.13. The number of methoxy groups -OCH3 is 1. The Labute approximate surface area is 122 Å². The van der Waals surface area contributed by atoms with Gasteiger partial charge in [0.15, 0.2) is 0 Å². The van der Waals surface area contributed by atoms with Gasteiger partial charge in [-0.25, -0.2) is 0 Å². The van der Waals surface area contributed by atoms with Crippen molar-refractivity contribution in [1.29, 1.82) is 0 Å². The van der Waals surface area contributed by atoms with Crippen LogP contribution in [0.5, 0.6) is 5.75 Å². The van der Waals surface area contributed by atoms with Crippen molar-refractivity contribution in [2.45, 2.75) is 25.9 Å². The van der Waals surface area contributed by atoms with Crippen LogP contribution in [0.15, 0.2) is 18.2 Å². The van der Waals surface area contributed by atoms with Crippen LogP contribution in [0, 0.1) is 6.92 Å². The number of nitrogens with zero attached hydrogens (tertiary/aromatic N) is 2. The third-order valence-corrected chi connectivity index (χ3v) is 4.34. The monoisotopic (exact) mass is 277 g/mol. The fourth-order valence-electron chi connectivity index (χ4n) is 3.10. The van der Waals surface area contributed by atoms with Crippen molar-refractivity contribution in [1.82, 2.24) is 9.80 Å². The van der Waals surface area contributed by atoms with E-state index in [4.69, 9.17) is 10.5 Å². The minimum Gasteiger partial charge on any atom is -0.496 e. The van der Waals surface area contributed by atoms with Gasteiger partial charge in [0.2, 0.25) is 0 Å². The summed E-state index contributed by atoms with van der Waals surface area (Å²) in [5, 5.41) is 0. The lowest BCUT2D eigenvalue weighted by Crippen LogP contribution is -2.55. The minimum absolute atomic E-state index is 0.326. The average Bonchev–Trinajstić information content (AvgIpc) is 2.46. The largest absolute Gasteiger partial charge is 0.496 e. The molecule has 2 unspecified atom stereocenters. The van der Waals surface area contributed by atoms with E-state index in [2.05, 4.69) is 48.9 Å². The zero-order chi connectivity index (χ0) is 14.7. The Kier molecular flexibility index (Phi) is 5.02. The van der Waals surface area contributed by atoms with Crippen LogP contribution < -0.4 is 10.5 Å². The first-order valence-corrected chi connectivity index (χ1v) is 7.35. The average molecular weight is 277 g/mol. The van der Waals surface area contributed by atoms with Crippen molar-refractivity contribution in [3.63, 3.8) is 0 Å². The topological polar surface area (TPSA) is 41.7 Å². The summed E-state index contributed by atoms with van der Waals surface area (Å²) in [6.07, 6.45) is 0. The Hall–Kier alpha value is -1.10. The van der Waals surface area contributed by atoms with Gasteiger partial charge in [-0.3, -0.25) is 4.90 Å². The molecule has 0 bridgehead atoms. The van der Waals surface area contributed by atoms with Crippen molar-refractivity contribution < 1.29 is 4.74 Å². The van der Waals surface area contributed by atoms with Gasteiger partial charge in [-0.05, 0) is 27.0 Å². The molecule has 0 saturated carbocycles. The van der Waals surface area contributed by atoms with Gasteiger partial charge in [0.05, 0.1) is 7.11 Å². The Balaban J connectivity index is 2.25. The van der Waals surface area contributed by atoms with Crippen molar-refractivity contribution in [2.75, 3.05) is 40.3 Å². The molecule has 1 saturated heterocycles. The second-order valence-corrected chi connectivity index (χ2v) is 5.81. The maximum Gasteiger partial charge on any atom is 0.123 e. The number of aryl methyl sites for hydroxylation is 1. The molecule has 1 fully saturated rings. The fraction of sp³-hybridized carbons (Fsp3) is 0.625. The van der Waals surface area contributed by atoms with Gasteiger partial charge in [-0.2, -0.15) is 0 Å². The van der Waals surface area contributed by atoms with Crippen LogP contribution in [0.2, 0.25) is 0 Å². The maximum absolute atomic E-state index is 5.97. The molecule has 2 rings (SSSR count). The highest BCUT2D eigenvalue weighted by atomic mass is 16.5. The summed E-state index contributed by atoms with van der Waals surface area (Å²) >= 11 is 0. The molecule has 0 aliphatic carbocycles. The van der Waals surface area contributed by atoms with Crippen molar-refractivity contribution in [3.8, 4) is 5.75 Å². The molecule has 0 amide bonds. The molecule has 0 radical (unpaired) electrons. The number of nitrogens with two attached hydrogens (primary N) is 1. The van der Waals surface area contributed by atoms with Crippen molar-refractivity contribution in [2.24, 2.45) is 5.73 Å². The van der Waals surface area contributed by atoms with E-state index >= 15 is 0 Å². The van der Waals surface area contributed by atoms with Crippen LogP contribution in [0.4, 0.5) is 0 Å². The number of likely N-dealkylation sites (N-methyl/N-ethyl adjacent to an activating group) is 1. The lowest BCUT2D eigenvalue weighted by atomic mass is 10.00. The van der Waals surface area contributed by atoms with E-state index in [1.54, 1.807) is 7.11 Å². The molecule has 1 heterocycles. The summed E-state index contributed by atoms with van der Waals surface area (Å²) in [7, 11) is 3.91. The second kappa shape index (κ2) is 6.57. The summed E-state index contributed by atoms with van der Waals surface area (Å²) < 4.78 is 5.53. The molecule has 20 heavy (non-hydrogen) atoms. The predicted octanol–water partition coefficient (Wildman–Crippen LogP) is 1.64. The molecule has 1 aromatic carbocycles. The van der Waals surface area contributed by atoms with Crippen LogP contribution in [-0.4, -0.2) is 56.2 Å². The summed E-state index contributed by atoms with van der Waals surface area (Å²) in [5.74, 6) is 0.970. The van der Waals surface area contributed by atoms with Crippen LogP contribution >= 0.6 is 0 Å². The maximum atomic E-state index is 5.97. The highest BCUT2D eigenvalue weighted by Gasteiger charge is 2.29. The Morgan fingerprint density at radius 3 is 2.80 bits per heavy atom. The molecule has 2 atom stereocenters. The van der Waals surface area contributed by atoms with Gasteiger partial charge in [0, 0.05) is 43.8 Å². The SMILES string of the molecule is COc1ccc(C)cc1C(C)N1CCN(C)CC1CN. The van der Waals surface area contributed by atoms with E-state index in [0.29, 0.717) is 18.6 Å². The van der Waals surface area contributed by atoms with Gasteiger partial charge in [0.25, 0.3) is 0 Å². The first kappa shape index (κ1) is 15.3. The third kappa shape index (κ3) is 3.14. The number of piperazine rings is 1. The second-order valence-electron chi connectivity index (χ2n) is 5.81. The Bertz CT molecular complexity index is 449. The molecule has 4 heteroatoms. The fourth-order valence-corrected chi connectivity index (χ4v) is 3.10. The molecule has 1 aromatic rings. The first-order valence-electron chi connectivity index (χ1n) is 7.35. The summed E-state index contributed by atoms with van der Waals surface area (Å²) in [5.41, 5.74) is 8.50. The van der Waals surface area contributed by atoms with E-state index in [9.17, 15) is 0 Å². The zero-order valence-electron chi connectivity index (χ0n) is 13.1. The van der Waals surface area contributed by atoms with Crippen LogP contribution in [0.25, 0.3) is 0 Å². The number of rotatable bonds is 4. The van der Waals surface area contributed by atoms with Crippen molar-refractivity contribution >= 4 is 0 Å². The third-order valence-electron chi connectivity index (χ3n) is 4.34. The number of hydrogen-bond acceptors (Lipinski definition) is 4. The van der Waals surface area contributed by atoms with E-state index in [1.807, 2.05) is 0 Å². The van der Waals surface area contributed by atoms with E-state index in [0.717, 1.165) is 25.4 Å². The molecule has 112 valence electrons. The van der Waals surface area contributed by atoms with Gasteiger partial charge in [-0.15, -0.1) is 0 Å². The van der Waals surface area contributed by atoms with Crippen LogP contribution in [0.1, 0.15) is 24.1 Å². The van der Waals surface area contributed by atoms with Gasteiger partial charge < -0.3 is 15.4 Å². The molecule has 1 aliphatic rings. The molecular formula is C16H27N3O. The molecule has 0 aromatic heterocycles. The first-order chi connectivity index (χ1) is 9.56. The molecular weight excluding hydrogens is 250 g/mol. The highest BCUT2D eigenvalue weighted by molar-refractivity contribution is 5.39. The number of benzene rings is 1. The van der Waals surface area contributed by atoms with Crippen molar-refractivity contribution in [3.05, 3.63) is 29.3 Å². The summed E-state index contributed by atoms with van der Waals surface area (Å²) in [6.45, 7) is 8.26. The predicted molar refractivity (Wildman–Crippen MR) is 83.2 cm³/mol. The zero-order valence-corrected chi connectivity index (χ0v) is 13.1. The molecule has 0 spiro atoms. The number of ether oxygens (including phenoxy) is 1. The molecule has 1 aliphatic heterocycles. The van der Waals surface area contributed by atoms with Gasteiger partial charge >= 0.3 is 0 Å². The lowest BCUT2D eigenvalue weighted by Gasteiger charge is -2.43. The smallest absolute Gasteiger partial charge is 0.123 e. The van der Waals surface area contributed by atoms with E-state index < -0.39 is 0 Å². The number of hydrogen-bond donors (Lipinski definition) is 1. The standard InChI is InChI=1S/C16H27N3O/c1-12-5-6-16(20-4)15(9-12)13(2)19-8-7-18(3)11-14(19)10-17/h5-6,9,13-14H,7-8,10-11,17H2,1-4H3. The Morgan fingerprint density at radius 2 is 2.15 bits per heavy atom. The van der Waals surface area contributed by atoms with Gasteiger partial charge in [-0.1, -0.05) is 17.7 Å². The minimum atomic E-state index is 0.326. The molecule has 4 nitrogen and oxygen atoms in total. The van der Waals surface area contributed by atoms with Crippen LogP contribution in [-0.2, 0) is 0 Å². The lowest BCUT2D eigenvalue weighted by molar-refractivity contribution is 0.0612. The van der Waals surface area contributed by atoms with Gasteiger partial charge in [0.1, 0.15) is 5.75 Å². The van der Waals surface area contributed by atoms with E-state index in [-0.39, 0.29) is 0 Å².